The van der Waals surface area contributed by atoms with Crippen LogP contribution in [0.25, 0.3) is 0 Å². The molecular formula is C39H42N4O6. The molecule has 1 saturated heterocycles. The van der Waals surface area contributed by atoms with Gasteiger partial charge in [-0.2, -0.15) is 0 Å². The molecule has 2 aromatic heterocycles. The zero-order chi connectivity index (χ0) is 34.6. The molecule has 0 spiro atoms. The lowest BCUT2D eigenvalue weighted by Gasteiger charge is -2.22. The SMILES string of the molecule is COc1cc(C#Cc2cc(CN3CCCN(Cc4ccnc(C#Cc5cc(OC)c(OC)c(OC)c5)c4)CC3)ccn2)cc(OC)c1OC. The topological polar surface area (TPSA) is 87.6 Å². The molecule has 3 heterocycles. The maximum absolute atomic E-state index is 5.46. The van der Waals surface area contributed by atoms with Crippen LogP contribution < -0.4 is 28.4 Å². The Morgan fingerprint density at radius 2 is 0.898 bits per heavy atom. The van der Waals surface area contributed by atoms with Gasteiger partial charge in [0.2, 0.25) is 11.5 Å². The molecule has 10 nitrogen and oxygen atoms in total. The van der Waals surface area contributed by atoms with Gasteiger partial charge in [0.25, 0.3) is 0 Å². The van der Waals surface area contributed by atoms with Crippen molar-refractivity contribution >= 4 is 0 Å². The summed E-state index contributed by atoms with van der Waals surface area (Å²) in [6, 6.07) is 15.6. The van der Waals surface area contributed by atoms with Crippen molar-refractivity contribution in [3.05, 3.63) is 94.6 Å². The van der Waals surface area contributed by atoms with Crippen LogP contribution >= 0.6 is 0 Å². The van der Waals surface area contributed by atoms with Gasteiger partial charge < -0.3 is 28.4 Å². The maximum Gasteiger partial charge on any atom is 0.203 e. The van der Waals surface area contributed by atoms with Gasteiger partial charge in [-0.15, -0.1) is 0 Å². The van der Waals surface area contributed by atoms with Crippen LogP contribution in [-0.2, 0) is 13.1 Å². The number of rotatable bonds is 10. The van der Waals surface area contributed by atoms with E-state index in [0.29, 0.717) is 45.9 Å². The van der Waals surface area contributed by atoms with E-state index in [1.165, 1.54) is 11.1 Å². The smallest absolute Gasteiger partial charge is 0.203 e. The predicted octanol–water partition coefficient (Wildman–Crippen LogP) is 5.04. The number of methoxy groups -OCH3 is 6. The van der Waals surface area contributed by atoms with Crippen LogP contribution in [-0.4, -0.2) is 88.6 Å². The van der Waals surface area contributed by atoms with Crippen molar-refractivity contribution < 1.29 is 28.4 Å². The molecule has 1 fully saturated rings. The van der Waals surface area contributed by atoms with Gasteiger partial charge >= 0.3 is 0 Å². The van der Waals surface area contributed by atoms with Gasteiger partial charge in [-0.1, -0.05) is 11.8 Å². The van der Waals surface area contributed by atoms with Crippen LogP contribution in [0.5, 0.6) is 34.5 Å². The van der Waals surface area contributed by atoms with Crippen LogP contribution in [0.1, 0.15) is 40.1 Å². The molecule has 0 amide bonds. The second kappa shape index (κ2) is 17.1. The van der Waals surface area contributed by atoms with Crippen LogP contribution in [0.3, 0.4) is 0 Å². The molecule has 0 unspecified atom stereocenters. The standard InChI is InChI=1S/C39H42N4O6/c1-44-34-22-28(23-35(45-2)38(34)48-5)8-10-32-20-30(12-14-40-32)26-42-16-7-17-43(19-18-42)27-31-13-15-41-33(21-31)11-9-29-24-36(46-3)39(49-6)37(25-29)47-4/h12-15,20-25H,7,16-19,26-27H2,1-6H3. The van der Waals surface area contributed by atoms with E-state index in [4.69, 9.17) is 28.4 Å². The van der Waals surface area contributed by atoms with Crippen molar-refractivity contribution in [2.45, 2.75) is 19.5 Å². The predicted molar refractivity (Wildman–Crippen MR) is 188 cm³/mol. The fraction of sp³-hybridized carbons (Fsp3) is 0.333. The van der Waals surface area contributed by atoms with E-state index >= 15 is 0 Å². The quantitative estimate of drug-likeness (QED) is 0.216. The Morgan fingerprint density at radius 3 is 1.24 bits per heavy atom. The van der Waals surface area contributed by atoms with E-state index in [9.17, 15) is 0 Å². The Bertz CT molecular complexity index is 1690. The van der Waals surface area contributed by atoms with Gasteiger partial charge in [-0.3, -0.25) is 9.80 Å². The summed E-state index contributed by atoms with van der Waals surface area (Å²) >= 11 is 0. The molecule has 1 aliphatic heterocycles. The van der Waals surface area contributed by atoms with Crippen molar-refractivity contribution in [1.82, 2.24) is 19.8 Å². The Hall–Kier alpha value is -5.42. The molecule has 254 valence electrons. The summed E-state index contributed by atoms with van der Waals surface area (Å²) in [6.07, 6.45) is 4.73. The minimum absolute atomic E-state index is 0.538. The monoisotopic (exact) mass is 662 g/mol. The van der Waals surface area contributed by atoms with E-state index in [1.807, 2.05) is 36.7 Å². The van der Waals surface area contributed by atoms with Gasteiger partial charge in [0.15, 0.2) is 23.0 Å². The van der Waals surface area contributed by atoms with Gasteiger partial charge in [-0.25, -0.2) is 9.97 Å². The molecule has 10 heteroatoms. The molecule has 2 aromatic carbocycles. The Morgan fingerprint density at radius 1 is 0.510 bits per heavy atom. The minimum atomic E-state index is 0.538. The number of aromatic nitrogens is 2. The van der Waals surface area contributed by atoms with E-state index in [1.54, 1.807) is 42.7 Å². The lowest BCUT2D eigenvalue weighted by atomic mass is 10.1. The average molecular weight is 663 g/mol. The molecular weight excluding hydrogens is 620 g/mol. The highest BCUT2D eigenvalue weighted by Gasteiger charge is 2.17. The second-order valence-corrected chi connectivity index (χ2v) is 11.3. The molecule has 0 N–H and O–H groups in total. The highest BCUT2D eigenvalue weighted by Crippen LogP contribution is 2.39. The van der Waals surface area contributed by atoms with Crippen molar-refractivity contribution in [2.24, 2.45) is 0 Å². The normalized spacial score (nSPS) is 13.2. The fourth-order valence-corrected chi connectivity index (χ4v) is 5.72. The van der Waals surface area contributed by atoms with E-state index in [2.05, 4.69) is 67.7 Å². The first-order chi connectivity index (χ1) is 24.0. The molecule has 5 rings (SSSR count). The third kappa shape index (κ3) is 9.14. The van der Waals surface area contributed by atoms with Gasteiger partial charge in [0.1, 0.15) is 11.4 Å². The van der Waals surface area contributed by atoms with Crippen LogP contribution in [0.4, 0.5) is 0 Å². The van der Waals surface area contributed by atoms with E-state index in [-0.39, 0.29) is 0 Å². The third-order valence-corrected chi connectivity index (χ3v) is 8.14. The van der Waals surface area contributed by atoms with Crippen LogP contribution in [0.15, 0.2) is 60.9 Å². The number of ether oxygens (including phenoxy) is 6. The Kier molecular flexibility index (Phi) is 12.2. The number of nitrogens with zero attached hydrogens (tertiary/aromatic N) is 4. The lowest BCUT2D eigenvalue weighted by Crippen LogP contribution is -2.30. The first-order valence-electron chi connectivity index (χ1n) is 16.0. The van der Waals surface area contributed by atoms with Crippen LogP contribution in [0, 0.1) is 23.7 Å². The van der Waals surface area contributed by atoms with Gasteiger partial charge in [0, 0.05) is 49.7 Å². The fourth-order valence-electron chi connectivity index (χ4n) is 5.72. The van der Waals surface area contributed by atoms with Gasteiger partial charge in [-0.05, 0) is 91.0 Å². The first kappa shape index (κ1) is 34.9. The second-order valence-electron chi connectivity index (χ2n) is 11.3. The summed E-state index contributed by atoms with van der Waals surface area (Å²) in [4.78, 5) is 14.0. The van der Waals surface area contributed by atoms with Crippen molar-refractivity contribution in [1.29, 1.82) is 0 Å². The van der Waals surface area contributed by atoms with Crippen molar-refractivity contribution in [3.8, 4) is 58.2 Å². The summed E-state index contributed by atoms with van der Waals surface area (Å²) in [6.45, 7) is 5.65. The third-order valence-electron chi connectivity index (χ3n) is 8.14. The summed E-state index contributed by atoms with van der Waals surface area (Å²) in [5.74, 6) is 16.1. The molecule has 0 bridgehead atoms. The van der Waals surface area contributed by atoms with E-state index < -0.39 is 0 Å². The maximum atomic E-state index is 5.46. The number of benzene rings is 2. The zero-order valence-electron chi connectivity index (χ0n) is 29.0. The molecule has 4 aromatic rings. The lowest BCUT2D eigenvalue weighted by molar-refractivity contribution is 0.247. The Balaban J connectivity index is 1.19. The highest BCUT2D eigenvalue weighted by atomic mass is 16.5. The van der Waals surface area contributed by atoms with Gasteiger partial charge in [0.05, 0.1) is 42.7 Å². The summed E-state index contributed by atoms with van der Waals surface area (Å²) in [5, 5.41) is 0. The molecule has 0 radical (unpaired) electrons. The van der Waals surface area contributed by atoms with E-state index in [0.717, 1.165) is 56.8 Å². The average Bonchev–Trinajstić information content (AvgIpc) is 3.36. The summed E-state index contributed by atoms with van der Waals surface area (Å²) < 4.78 is 32.7. The minimum Gasteiger partial charge on any atom is -0.493 e. The molecule has 49 heavy (non-hydrogen) atoms. The zero-order valence-corrected chi connectivity index (χ0v) is 29.0. The molecule has 0 aliphatic carbocycles. The molecule has 0 atom stereocenters. The molecule has 1 aliphatic rings. The number of pyridine rings is 2. The summed E-state index contributed by atoms with van der Waals surface area (Å²) in [5.41, 5.74) is 5.29. The van der Waals surface area contributed by atoms with Crippen LogP contribution in [0.2, 0.25) is 0 Å². The number of hydrogen-bond acceptors (Lipinski definition) is 10. The summed E-state index contributed by atoms with van der Waals surface area (Å²) in [7, 11) is 9.53. The largest absolute Gasteiger partial charge is 0.493 e. The van der Waals surface area contributed by atoms with Crippen molar-refractivity contribution in [3.63, 3.8) is 0 Å². The first-order valence-corrected chi connectivity index (χ1v) is 16.0. The number of hydrogen-bond donors (Lipinski definition) is 0. The van der Waals surface area contributed by atoms with Crippen molar-refractivity contribution in [2.75, 3.05) is 68.8 Å². The highest BCUT2D eigenvalue weighted by molar-refractivity contribution is 5.59. The Labute approximate surface area is 288 Å². The molecule has 0 saturated carbocycles.